The molecule has 0 aliphatic heterocycles. The molecule has 78 valence electrons. The van der Waals surface area contributed by atoms with Crippen molar-refractivity contribution in [2.24, 2.45) is 11.8 Å². The van der Waals surface area contributed by atoms with Crippen molar-refractivity contribution in [2.75, 3.05) is 0 Å². The second-order valence-electron chi connectivity index (χ2n) is 4.35. The summed E-state index contributed by atoms with van der Waals surface area (Å²) < 4.78 is 1.90. The van der Waals surface area contributed by atoms with Gasteiger partial charge < -0.3 is 5.11 Å². The fourth-order valence-corrected chi connectivity index (χ4v) is 1.96. The van der Waals surface area contributed by atoms with Crippen molar-refractivity contribution in [2.45, 2.75) is 39.3 Å². The zero-order valence-corrected chi connectivity index (χ0v) is 8.85. The number of aliphatic hydroxyl groups excluding tert-OH is 1. The molecule has 3 nitrogen and oxygen atoms in total. The molecule has 1 heterocycles. The highest BCUT2D eigenvalue weighted by atomic mass is 16.3. The molecule has 14 heavy (non-hydrogen) atoms. The summed E-state index contributed by atoms with van der Waals surface area (Å²) in [6.07, 6.45) is 5.66. The molecular weight excluding hydrogens is 176 g/mol. The molecule has 0 bridgehead atoms. The largest absolute Gasteiger partial charge is 0.392 e. The SMILES string of the molecule is CCn1cc(CC(O)C2CC2C)cn1. The fourth-order valence-electron chi connectivity index (χ4n) is 1.96. The molecule has 0 saturated heterocycles. The molecule has 1 N–H and O–H groups in total. The molecule has 2 rings (SSSR count). The van der Waals surface area contributed by atoms with E-state index in [1.807, 2.05) is 17.1 Å². The molecule has 1 aliphatic carbocycles. The topological polar surface area (TPSA) is 38.0 Å². The number of aryl methyl sites for hydroxylation is 1. The van der Waals surface area contributed by atoms with Crippen LogP contribution >= 0.6 is 0 Å². The summed E-state index contributed by atoms with van der Waals surface area (Å²) >= 11 is 0. The Bertz CT molecular complexity index is 308. The smallest absolute Gasteiger partial charge is 0.0612 e. The third kappa shape index (κ3) is 1.98. The minimum Gasteiger partial charge on any atom is -0.392 e. The highest BCUT2D eigenvalue weighted by Crippen LogP contribution is 2.41. The Morgan fingerprint density at radius 3 is 2.93 bits per heavy atom. The van der Waals surface area contributed by atoms with Gasteiger partial charge in [-0.25, -0.2) is 0 Å². The first-order valence-corrected chi connectivity index (χ1v) is 5.40. The van der Waals surface area contributed by atoms with E-state index in [4.69, 9.17) is 0 Å². The van der Waals surface area contributed by atoms with Crippen LogP contribution in [0.1, 0.15) is 25.8 Å². The van der Waals surface area contributed by atoms with Crippen molar-refractivity contribution in [1.82, 2.24) is 9.78 Å². The summed E-state index contributed by atoms with van der Waals surface area (Å²) in [6, 6.07) is 0. The zero-order valence-electron chi connectivity index (χ0n) is 8.85. The first-order chi connectivity index (χ1) is 6.70. The highest BCUT2D eigenvalue weighted by molar-refractivity contribution is 5.07. The van der Waals surface area contributed by atoms with Gasteiger partial charge in [-0.3, -0.25) is 4.68 Å². The van der Waals surface area contributed by atoms with Gasteiger partial charge in [0.05, 0.1) is 12.3 Å². The van der Waals surface area contributed by atoms with Crippen molar-refractivity contribution < 1.29 is 5.11 Å². The van der Waals surface area contributed by atoms with E-state index in [0.29, 0.717) is 11.8 Å². The minimum absolute atomic E-state index is 0.167. The van der Waals surface area contributed by atoms with E-state index >= 15 is 0 Å². The van der Waals surface area contributed by atoms with Crippen LogP contribution in [-0.4, -0.2) is 21.0 Å². The second-order valence-corrected chi connectivity index (χ2v) is 4.35. The van der Waals surface area contributed by atoms with Crippen molar-refractivity contribution in [1.29, 1.82) is 0 Å². The molecule has 0 amide bonds. The van der Waals surface area contributed by atoms with E-state index in [2.05, 4.69) is 18.9 Å². The van der Waals surface area contributed by atoms with Crippen LogP contribution in [0.3, 0.4) is 0 Å². The summed E-state index contributed by atoms with van der Waals surface area (Å²) in [4.78, 5) is 0. The van der Waals surface area contributed by atoms with Crippen LogP contribution in [0.5, 0.6) is 0 Å². The van der Waals surface area contributed by atoms with Crippen LogP contribution in [0.2, 0.25) is 0 Å². The normalized spacial score (nSPS) is 27.6. The molecule has 1 aromatic heterocycles. The van der Waals surface area contributed by atoms with E-state index in [-0.39, 0.29) is 6.10 Å². The van der Waals surface area contributed by atoms with Crippen LogP contribution in [-0.2, 0) is 13.0 Å². The van der Waals surface area contributed by atoms with Gasteiger partial charge >= 0.3 is 0 Å². The van der Waals surface area contributed by atoms with Gasteiger partial charge in [0.1, 0.15) is 0 Å². The molecule has 0 radical (unpaired) electrons. The van der Waals surface area contributed by atoms with Crippen LogP contribution in [0, 0.1) is 11.8 Å². The van der Waals surface area contributed by atoms with E-state index in [1.54, 1.807) is 0 Å². The van der Waals surface area contributed by atoms with E-state index in [9.17, 15) is 5.11 Å². The Morgan fingerprint density at radius 2 is 2.43 bits per heavy atom. The van der Waals surface area contributed by atoms with Crippen molar-refractivity contribution in [3.8, 4) is 0 Å². The number of nitrogens with zero attached hydrogens (tertiary/aromatic N) is 2. The predicted molar refractivity (Wildman–Crippen MR) is 54.9 cm³/mol. The van der Waals surface area contributed by atoms with Gasteiger partial charge in [0, 0.05) is 19.2 Å². The lowest BCUT2D eigenvalue weighted by atomic mass is 10.1. The molecule has 1 aromatic rings. The maximum atomic E-state index is 9.86. The lowest BCUT2D eigenvalue weighted by molar-refractivity contribution is 0.146. The predicted octanol–water partition coefficient (Wildman–Crippen LogP) is 1.46. The standard InChI is InChI=1S/C11H18N2O/c1-3-13-7-9(6-12-13)5-11(14)10-4-8(10)2/h6-8,10-11,14H,3-5H2,1-2H3. The average Bonchev–Trinajstić information content (AvgIpc) is 2.74. The van der Waals surface area contributed by atoms with Gasteiger partial charge in [-0.1, -0.05) is 6.92 Å². The monoisotopic (exact) mass is 194 g/mol. The first-order valence-electron chi connectivity index (χ1n) is 5.40. The van der Waals surface area contributed by atoms with Crippen LogP contribution in [0.15, 0.2) is 12.4 Å². The Morgan fingerprint density at radius 1 is 1.71 bits per heavy atom. The number of hydrogen-bond acceptors (Lipinski definition) is 2. The molecule has 1 aliphatic rings. The van der Waals surface area contributed by atoms with Crippen molar-refractivity contribution >= 4 is 0 Å². The third-order valence-electron chi connectivity index (χ3n) is 3.12. The Hall–Kier alpha value is -0.830. The Kier molecular flexibility index (Phi) is 2.59. The average molecular weight is 194 g/mol. The van der Waals surface area contributed by atoms with Gasteiger partial charge in [0.25, 0.3) is 0 Å². The highest BCUT2D eigenvalue weighted by Gasteiger charge is 2.38. The van der Waals surface area contributed by atoms with Crippen LogP contribution < -0.4 is 0 Å². The zero-order chi connectivity index (χ0) is 10.1. The summed E-state index contributed by atoms with van der Waals surface area (Å²) in [5, 5.41) is 14.0. The molecular formula is C11H18N2O. The molecule has 1 fully saturated rings. The third-order valence-corrected chi connectivity index (χ3v) is 3.12. The summed E-state index contributed by atoms with van der Waals surface area (Å²) in [5.74, 6) is 1.24. The molecule has 3 unspecified atom stereocenters. The minimum atomic E-state index is -0.167. The summed E-state index contributed by atoms with van der Waals surface area (Å²) in [5.41, 5.74) is 1.15. The number of aliphatic hydroxyl groups is 1. The lowest BCUT2D eigenvalue weighted by Crippen LogP contribution is -2.13. The number of hydrogen-bond donors (Lipinski definition) is 1. The summed E-state index contributed by atoms with van der Waals surface area (Å²) in [7, 11) is 0. The first kappa shape index (κ1) is 9.71. The maximum Gasteiger partial charge on any atom is 0.0612 e. The van der Waals surface area contributed by atoms with E-state index < -0.39 is 0 Å². The number of rotatable bonds is 4. The van der Waals surface area contributed by atoms with Crippen LogP contribution in [0.25, 0.3) is 0 Å². The van der Waals surface area contributed by atoms with Gasteiger partial charge in [0.15, 0.2) is 0 Å². The van der Waals surface area contributed by atoms with Crippen LogP contribution in [0.4, 0.5) is 0 Å². The van der Waals surface area contributed by atoms with E-state index in [1.165, 1.54) is 6.42 Å². The molecule has 3 heteroatoms. The van der Waals surface area contributed by atoms with Gasteiger partial charge in [-0.05, 0) is 30.7 Å². The molecule has 1 saturated carbocycles. The molecule has 3 atom stereocenters. The Balaban J connectivity index is 1.90. The fraction of sp³-hybridized carbons (Fsp3) is 0.727. The Labute approximate surface area is 84.7 Å². The van der Waals surface area contributed by atoms with Gasteiger partial charge in [-0.15, -0.1) is 0 Å². The molecule has 0 aromatic carbocycles. The second kappa shape index (κ2) is 3.73. The maximum absolute atomic E-state index is 9.86. The number of aromatic nitrogens is 2. The summed E-state index contributed by atoms with van der Waals surface area (Å²) in [6.45, 7) is 5.16. The van der Waals surface area contributed by atoms with Gasteiger partial charge in [0.2, 0.25) is 0 Å². The van der Waals surface area contributed by atoms with Crippen molar-refractivity contribution in [3.63, 3.8) is 0 Å². The quantitative estimate of drug-likeness (QED) is 0.788. The van der Waals surface area contributed by atoms with Crippen molar-refractivity contribution in [3.05, 3.63) is 18.0 Å². The molecule has 0 spiro atoms. The van der Waals surface area contributed by atoms with Gasteiger partial charge in [-0.2, -0.15) is 5.10 Å². The van der Waals surface area contributed by atoms with E-state index in [0.717, 1.165) is 18.5 Å². The lowest BCUT2D eigenvalue weighted by Gasteiger charge is -2.06.